The smallest absolute Gasteiger partial charge is 0.261 e. The van der Waals surface area contributed by atoms with Gasteiger partial charge in [0.25, 0.3) is 5.91 Å². The van der Waals surface area contributed by atoms with Crippen LogP contribution in [0.2, 0.25) is 5.02 Å². The van der Waals surface area contributed by atoms with Gasteiger partial charge in [0.15, 0.2) is 6.61 Å². The van der Waals surface area contributed by atoms with Crippen molar-refractivity contribution in [1.29, 1.82) is 0 Å². The van der Waals surface area contributed by atoms with E-state index in [1.165, 1.54) is 0 Å². The number of ether oxygens (including phenoxy) is 1. The minimum absolute atomic E-state index is 0.185. The van der Waals surface area contributed by atoms with Crippen molar-refractivity contribution >= 4 is 39.3 Å². The zero-order valence-corrected chi connectivity index (χ0v) is 23.2. The molecule has 0 spiro atoms. The molecule has 0 heterocycles. The van der Waals surface area contributed by atoms with Crippen LogP contribution in [0.4, 0.5) is 0 Å². The van der Waals surface area contributed by atoms with Crippen LogP contribution in [0.1, 0.15) is 30.5 Å². The van der Waals surface area contributed by atoms with Gasteiger partial charge < -0.3 is 15.0 Å². The first kappa shape index (κ1) is 27.8. The van der Waals surface area contributed by atoms with E-state index in [1.54, 1.807) is 23.1 Å². The summed E-state index contributed by atoms with van der Waals surface area (Å²) in [6.07, 6.45) is 0.390. The van der Waals surface area contributed by atoms with Crippen molar-refractivity contribution in [3.8, 4) is 5.75 Å². The van der Waals surface area contributed by atoms with Crippen molar-refractivity contribution < 1.29 is 14.3 Å². The van der Waals surface area contributed by atoms with Crippen LogP contribution in [0.3, 0.4) is 0 Å². The van der Waals surface area contributed by atoms with Crippen molar-refractivity contribution in [2.75, 3.05) is 13.2 Å². The zero-order valence-electron chi connectivity index (χ0n) is 20.8. The number of halogens is 2. The highest BCUT2D eigenvalue weighted by Gasteiger charge is 2.30. The Morgan fingerprint density at radius 1 is 1.00 bits per heavy atom. The molecule has 190 valence electrons. The first-order valence-corrected chi connectivity index (χ1v) is 13.1. The molecule has 0 aliphatic rings. The molecule has 0 fully saturated rings. The van der Waals surface area contributed by atoms with Crippen LogP contribution in [-0.2, 0) is 22.6 Å². The number of carbonyl (C=O) groups excluding carboxylic acids is 2. The van der Waals surface area contributed by atoms with Gasteiger partial charge in [-0.05, 0) is 42.2 Å². The number of nitrogens with one attached hydrogen (secondary N) is 1. The highest BCUT2D eigenvalue weighted by atomic mass is 79.9. The lowest BCUT2D eigenvalue weighted by Gasteiger charge is -2.31. The second kappa shape index (κ2) is 13.5. The molecule has 0 saturated carbocycles. The standard InChI is InChI=1S/C29H32BrClN2O3/c1-20(2)17-32-29(35)26(15-22-7-5-4-6-8-22)33(18-23-11-9-21(3)10-12-23)28(34)19-36-27-14-13-24(30)16-25(27)31/h4-14,16,20,26H,15,17-19H2,1-3H3,(H,32,35). The molecule has 3 aromatic rings. The normalized spacial score (nSPS) is 11.7. The summed E-state index contributed by atoms with van der Waals surface area (Å²) in [5.41, 5.74) is 3.03. The summed E-state index contributed by atoms with van der Waals surface area (Å²) in [6, 6.07) is 22.2. The van der Waals surface area contributed by atoms with Gasteiger partial charge in [0.1, 0.15) is 11.8 Å². The number of amides is 2. The largest absolute Gasteiger partial charge is 0.482 e. The van der Waals surface area contributed by atoms with Crippen molar-refractivity contribution in [2.45, 2.75) is 39.8 Å². The van der Waals surface area contributed by atoms with Gasteiger partial charge in [-0.2, -0.15) is 0 Å². The minimum atomic E-state index is -0.705. The summed E-state index contributed by atoms with van der Waals surface area (Å²) in [7, 11) is 0. The maximum Gasteiger partial charge on any atom is 0.261 e. The molecule has 0 saturated heterocycles. The lowest BCUT2D eigenvalue weighted by atomic mass is 10.0. The maximum atomic E-state index is 13.6. The number of hydrogen-bond donors (Lipinski definition) is 1. The van der Waals surface area contributed by atoms with E-state index < -0.39 is 6.04 Å². The summed E-state index contributed by atoms with van der Waals surface area (Å²) >= 11 is 9.66. The fourth-order valence-corrected chi connectivity index (χ4v) is 4.41. The van der Waals surface area contributed by atoms with Gasteiger partial charge in [-0.25, -0.2) is 0 Å². The number of hydrogen-bond acceptors (Lipinski definition) is 3. The van der Waals surface area contributed by atoms with Gasteiger partial charge in [0.2, 0.25) is 5.91 Å². The molecule has 1 atom stereocenters. The highest BCUT2D eigenvalue weighted by molar-refractivity contribution is 9.10. The van der Waals surface area contributed by atoms with Crippen molar-refractivity contribution in [1.82, 2.24) is 10.2 Å². The molecular weight excluding hydrogens is 540 g/mol. The quantitative estimate of drug-likeness (QED) is 0.298. The van der Waals surface area contributed by atoms with Crippen molar-refractivity contribution in [3.63, 3.8) is 0 Å². The molecule has 36 heavy (non-hydrogen) atoms. The molecule has 5 nitrogen and oxygen atoms in total. The average Bonchev–Trinajstić information content (AvgIpc) is 2.85. The van der Waals surface area contributed by atoms with E-state index in [4.69, 9.17) is 16.3 Å². The lowest BCUT2D eigenvalue weighted by Crippen LogP contribution is -2.52. The molecule has 0 aliphatic carbocycles. The lowest BCUT2D eigenvalue weighted by molar-refractivity contribution is -0.142. The molecule has 3 aromatic carbocycles. The summed E-state index contributed by atoms with van der Waals surface area (Å²) in [6.45, 7) is 6.66. The van der Waals surface area contributed by atoms with Crippen LogP contribution in [0.25, 0.3) is 0 Å². The Balaban J connectivity index is 1.90. The van der Waals surface area contributed by atoms with E-state index in [-0.39, 0.29) is 30.9 Å². The Morgan fingerprint density at radius 2 is 1.69 bits per heavy atom. The van der Waals surface area contributed by atoms with Crippen LogP contribution in [0, 0.1) is 12.8 Å². The van der Waals surface area contributed by atoms with Crippen LogP contribution >= 0.6 is 27.5 Å². The van der Waals surface area contributed by atoms with Crippen LogP contribution in [0.15, 0.2) is 77.3 Å². The summed E-state index contributed by atoms with van der Waals surface area (Å²) in [4.78, 5) is 28.7. The second-order valence-electron chi connectivity index (χ2n) is 9.22. The molecule has 0 bridgehead atoms. The Morgan fingerprint density at radius 3 is 2.33 bits per heavy atom. The van der Waals surface area contributed by atoms with Crippen LogP contribution < -0.4 is 10.1 Å². The molecule has 0 aromatic heterocycles. The Bertz CT molecular complexity index is 1150. The van der Waals surface area contributed by atoms with Gasteiger partial charge in [0, 0.05) is 24.0 Å². The van der Waals surface area contributed by atoms with Gasteiger partial charge in [-0.3, -0.25) is 9.59 Å². The fourth-order valence-electron chi connectivity index (χ4n) is 3.68. The van der Waals surface area contributed by atoms with Gasteiger partial charge in [0.05, 0.1) is 5.02 Å². The van der Waals surface area contributed by atoms with Gasteiger partial charge >= 0.3 is 0 Å². The third-order valence-corrected chi connectivity index (χ3v) is 6.46. The molecular formula is C29H32BrClN2O3. The predicted molar refractivity (Wildman–Crippen MR) is 148 cm³/mol. The molecule has 0 aliphatic heterocycles. The van der Waals surface area contributed by atoms with Gasteiger partial charge in [-0.1, -0.05) is 102 Å². The first-order chi connectivity index (χ1) is 17.2. The molecule has 1 unspecified atom stereocenters. The topological polar surface area (TPSA) is 58.6 Å². The molecule has 1 N–H and O–H groups in total. The Labute approximate surface area is 226 Å². The Kier molecular flexibility index (Phi) is 10.4. The summed E-state index contributed by atoms with van der Waals surface area (Å²) in [5, 5.41) is 3.42. The van der Waals surface area contributed by atoms with Crippen molar-refractivity contribution in [3.05, 3.63) is 99.0 Å². The van der Waals surface area contributed by atoms with Crippen molar-refractivity contribution in [2.24, 2.45) is 5.92 Å². The van der Waals surface area contributed by atoms with E-state index in [0.29, 0.717) is 23.7 Å². The third-order valence-electron chi connectivity index (χ3n) is 5.67. The number of benzene rings is 3. The number of rotatable bonds is 11. The average molecular weight is 572 g/mol. The number of carbonyl (C=O) groups is 2. The molecule has 3 rings (SSSR count). The summed E-state index contributed by atoms with van der Waals surface area (Å²) in [5.74, 6) is 0.215. The van der Waals surface area contributed by atoms with Gasteiger partial charge in [-0.15, -0.1) is 0 Å². The first-order valence-electron chi connectivity index (χ1n) is 12.0. The van der Waals surface area contributed by atoms with E-state index in [9.17, 15) is 9.59 Å². The van der Waals surface area contributed by atoms with E-state index in [0.717, 1.165) is 21.2 Å². The summed E-state index contributed by atoms with van der Waals surface area (Å²) < 4.78 is 6.61. The van der Waals surface area contributed by atoms with E-state index >= 15 is 0 Å². The maximum absolute atomic E-state index is 13.6. The van der Waals surface area contributed by atoms with Crippen LogP contribution in [-0.4, -0.2) is 35.9 Å². The van der Waals surface area contributed by atoms with E-state index in [1.807, 2.05) is 75.4 Å². The predicted octanol–water partition coefficient (Wildman–Crippen LogP) is 6.20. The number of aryl methyl sites for hydroxylation is 1. The SMILES string of the molecule is Cc1ccc(CN(C(=O)COc2ccc(Br)cc2Cl)C(Cc2ccccc2)C(=O)NCC(C)C)cc1. The second-order valence-corrected chi connectivity index (χ2v) is 10.5. The Hall–Kier alpha value is -2.83. The zero-order chi connectivity index (χ0) is 26.1. The fraction of sp³-hybridized carbons (Fsp3) is 0.310. The monoisotopic (exact) mass is 570 g/mol. The highest BCUT2D eigenvalue weighted by Crippen LogP contribution is 2.28. The molecule has 2 amide bonds. The molecule has 7 heteroatoms. The molecule has 0 radical (unpaired) electrons. The van der Waals surface area contributed by atoms with E-state index in [2.05, 4.69) is 21.2 Å². The number of nitrogens with zero attached hydrogens (tertiary/aromatic N) is 1. The third kappa shape index (κ3) is 8.38. The van der Waals surface area contributed by atoms with Crippen LogP contribution in [0.5, 0.6) is 5.75 Å². The minimum Gasteiger partial charge on any atom is -0.482 e.